The molecule has 4 nitrogen and oxygen atoms in total. The quantitative estimate of drug-likeness (QED) is 0.535. The van der Waals surface area contributed by atoms with Gasteiger partial charge in [-0.1, -0.05) is 12.8 Å². The van der Waals surface area contributed by atoms with Crippen LogP contribution in [-0.2, 0) is 19.1 Å². The van der Waals surface area contributed by atoms with E-state index in [0.29, 0.717) is 0 Å². The molecule has 2 rings (SSSR count). The third-order valence-electron chi connectivity index (χ3n) is 3.77. The molecule has 0 saturated heterocycles. The minimum Gasteiger partial charge on any atom is -0.468 e. The van der Waals surface area contributed by atoms with E-state index in [-0.39, 0.29) is 30.3 Å². The van der Waals surface area contributed by atoms with Crippen LogP contribution >= 0.6 is 0 Å². The van der Waals surface area contributed by atoms with Gasteiger partial charge in [0.1, 0.15) is 11.2 Å². The molecule has 0 aromatic carbocycles. The van der Waals surface area contributed by atoms with Crippen LogP contribution < -0.4 is 0 Å². The van der Waals surface area contributed by atoms with Gasteiger partial charge in [0.2, 0.25) is 0 Å². The molecule has 2 aliphatic carbocycles. The van der Waals surface area contributed by atoms with Crippen molar-refractivity contribution in [2.24, 2.45) is 11.3 Å². The molecule has 0 radical (unpaired) electrons. The van der Waals surface area contributed by atoms with Crippen LogP contribution in [-0.4, -0.2) is 24.6 Å². The smallest absolute Gasteiger partial charge is 0.320 e. The van der Waals surface area contributed by atoms with Crippen LogP contribution in [0, 0.1) is 11.3 Å². The number of Topliss-reactive ketones (excluding diaryl/α,β-unsaturated/α-hetero) is 2. The Kier molecular flexibility index (Phi) is 2.82. The highest BCUT2D eigenvalue weighted by molar-refractivity contribution is 6.15. The lowest BCUT2D eigenvalue weighted by molar-refractivity contribution is -0.170. The van der Waals surface area contributed by atoms with Gasteiger partial charge in [0.15, 0.2) is 5.78 Å². The van der Waals surface area contributed by atoms with Crippen molar-refractivity contribution >= 4 is 17.5 Å². The van der Waals surface area contributed by atoms with E-state index in [4.69, 9.17) is 0 Å². The molecular formula is C12H16O4. The third-order valence-corrected chi connectivity index (χ3v) is 3.77. The topological polar surface area (TPSA) is 60.4 Å². The standard InChI is InChI=1S/C12H16O4/c1-16-11(15)12(6-9(13)7-12)10(14)8-4-2-3-5-8/h8H,2-7H2,1H3. The molecule has 2 saturated carbocycles. The molecule has 0 bridgehead atoms. The van der Waals surface area contributed by atoms with Crippen LogP contribution in [0.2, 0.25) is 0 Å². The fourth-order valence-corrected chi connectivity index (χ4v) is 2.81. The fourth-order valence-electron chi connectivity index (χ4n) is 2.81. The zero-order valence-corrected chi connectivity index (χ0v) is 9.45. The van der Waals surface area contributed by atoms with Crippen LogP contribution in [0.1, 0.15) is 38.5 Å². The summed E-state index contributed by atoms with van der Waals surface area (Å²) >= 11 is 0. The Morgan fingerprint density at radius 2 is 1.81 bits per heavy atom. The summed E-state index contributed by atoms with van der Waals surface area (Å²) in [6.45, 7) is 0. The monoisotopic (exact) mass is 224 g/mol. The number of hydrogen-bond donors (Lipinski definition) is 0. The van der Waals surface area contributed by atoms with Gasteiger partial charge >= 0.3 is 5.97 Å². The van der Waals surface area contributed by atoms with E-state index in [9.17, 15) is 14.4 Å². The summed E-state index contributed by atoms with van der Waals surface area (Å²) in [6, 6.07) is 0. The van der Waals surface area contributed by atoms with Crippen LogP contribution in [0.25, 0.3) is 0 Å². The first-order chi connectivity index (χ1) is 7.60. The molecule has 0 spiro atoms. The predicted octanol–water partition coefficient (Wildman–Crippen LogP) is 1.27. The van der Waals surface area contributed by atoms with Crippen molar-refractivity contribution in [3.8, 4) is 0 Å². The maximum absolute atomic E-state index is 12.2. The number of methoxy groups -OCH3 is 1. The molecule has 0 aliphatic heterocycles. The fraction of sp³-hybridized carbons (Fsp3) is 0.750. The highest BCUT2D eigenvalue weighted by Crippen LogP contribution is 2.44. The molecule has 0 amide bonds. The summed E-state index contributed by atoms with van der Waals surface area (Å²) in [7, 11) is 1.27. The molecular weight excluding hydrogens is 208 g/mol. The zero-order chi connectivity index (χ0) is 11.8. The van der Waals surface area contributed by atoms with E-state index >= 15 is 0 Å². The van der Waals surface area contributed by atoms with Gasteiger partial charge in [-0.05, 0) is 12.8 Å². The van der Waals surface area contributed by atoms with E-state index in [1.165, 1.54) is 7.11 Å². The number of ketones is 2. The number of carbonyl (C=O) groups is 3. The van der Waals surface area contributed by atoms with Gasteiger partial charge in [0, 0.05) is 18.8 Å². The molecule has 2 aliphatic rings. The molecule has 0 heterocycles. The molecule has 0 unspecified atom stereocenters. The number of rotatable bonds is 3. The van der Waals surface area contributed by atoms with Crippen molar-refractivity contribution in [3.63, 3.8) is 0 Å². The average Bonchev–Trinajstić information content (AvgIpc) is 2.75. The Labute approximate surface area is 94.3 Å². The third kappa shape index (κ3) is 1.56. The lowest BCUT2D eigenvalue weighted by Gasteiger charge is -2.37. The highest BCUT2D eigenvalue weighted by Gasteiger charge is 2.58. The van der Waals surface area contributed by atoms with Crippen molar-refractivity contribution in [2.75, 3.05) is 7.11 Å². The molecule has 0 atom stereocenters. The molecule has 2 fully saturated rings. The number of esters is 1. The minimum atomic E-state index is -1.12. The van der Waals surface area contributed by atoms with E-state index in [1.54, 1.807) is 0 Å². The summed E-state index contributed by atoms with van der Waals surface area (Å²) in [5.41, 5.74) is -1.12. The van der Waals surface area contributed by atoms with Gasteiger partial charge in [-0.3, -0.25) is 14.4 Å². The molecule has 0 aromatic heterocycles. The summed E-state index contributed by atoms with van der Waals surface area (Å²) in [4.78, 5) is 35.0. The van der Waals surface area contributed by atoms with Gasteiger partial charge in [-0.25, -0.2) is 0 Å². The van der Waals surface area contributed by atoms with Crippen LogP contribution in [0.5, 0.6) is 0 Å². The van der Waals surface area contributed by atoms with Crippen molar-refractivity contribution < 1.29 is 19.1 Å². The molecule has 88 valence electrons. The summed E-state index contributed by atoms with van der Waals surface area (Å²) in [6.07, 6.45) is 3.89. The SMILES string of the molecule is COC(=O)C1(C(=O)C2CCCC2)CC(=O)C1. The van der Waals surface area contributed by atoms with E-state index < -0.39 is 11.4 Å². The van der Waals surface area contributed by atoms with Gasteiger partial charge in [0.25, 0.3) is 0 Å². The second-order valence-electron chi connectivity index (χ2n) is 4.81. The summed E-state index contributed by atoms with van der Waals surface area (Å²) in [5, 5.41) is 0. The zero-order valence-electron chi connectivity index (χ0n) is 9.45. The minimum absolute atomic E-state index is 0.0169. The summed E-state index contributed by atoms with van der Waals surface area (Å²) in [5.74, 6) is -0.635. The normalized spacial score (nSPS) is 23.9. The number of ether oxygens (including phenoxy) is 1. The number of hydrogen-bond acceptors (Lipinski definition) is 4. The molecule has 0 N–H and O–H groups in total. The Balaban J connectivity index is 2.16. The molecule has 4 heteroatoms. The predicted molar refractivity (Wildman–Crippen MR) is 55.7 cm³/mol. The maximum Gasteiger partial charge on any atom is 0.320 e. The first kappa shape index (κ1) is 11.3. The molecule has 16 heavy (non-hydrogen) atoms. The van der Waals surface area contributed by atoms with E-state index in [1.807, 2.05) is 0 Å². The Hall–Kier alpha value is -1.19. The Morgan fingerprint density at radius 1 is 1.25 bits per heavy atom. The van der Waals surface area contributed by atoms with Crippen LogP contribution in [0.4, 0.5) is 0 Å². The van der Waals surface area contributed by atoms with Crippen molar-refractivity contribution in [1.29, 1.82) is 0 Å². The summed E-state index contributed by atoms with van der Waals surface area (Å²) < 4.78 is 4.67. The van der Waals surface area contributed by atoms with Gasteiger partial charge in [0.05, 0.1) is 7.11 Å². The Bertz CT molecular complexity index is 331. The van der Waals surface area contributed by atoms with Gasteiger partial charge in [-0.2, -0.15) is 0 Å². The largest absolute Gasteiger partial charge is 0.468 e. The molecule has 0 aromatic rings. The Morgan fingerprint density at radius 3 is 2.25 bits per heavy atom. The van der Waals surface area contributed by atoms with Crippen molar-refractivity contribution in [3.05, 3.63) is 0 Å². The van der Waals surface area contributed by atoms with Crippen LogP contribution in [0.3, 0.4) is 0 Å². The van der Waals surface area contributed by atoms with Crippen molar-refractivity contribution in [1.82, 2.24) is 0 Å². The van der Waals surface area contributed by atoms with Gasteiger partial charge in [-0.15, -0.1) is 0 Å². The highest BCUT2D eigenvalue weighted by atomic mass is 16.5. The van der Waals surface area contributed by atoms with Crippen LogP contribution in [0.15, 0.2) is 0 Å². The second kappa shape index (κ2) is 4.00. The van der Waals surface area contributed by atoms with Crippen molar-refractivity contribution in [2.45, 2.75) is 38.5 Å². The van der Waals surface area contributed by atoms with Gasteiger partial charge < -0.3 is 4.74 Å². The lowest BCUT2D eigenvalue weighted by atomic mass is 9.62. The number of carbonyl (C=O) groups excluding carboxylic acids is 3. The second-order valence-corrected chi connectivity index (χ2v) is 4.81. The van der Waals surface area contributed by atoms with E-state index in [2.05, 4.69) is 4.74 Å². The lowest BCUT2D eigenvalue weighted by Crippen LogP contribution is -2.52. The first-order valence-corrected chi connectivity index (χ1v) is 5.74. The van der Waals surface area contributed by atoms with E-state index in [0.717, 1.165) is 25.7 Å². The average molecular weight is 224 g/mol. The first-order valence-electron chi connectivity index (χ1n) is 5.74. The maximum atomic E-state index is 12.2.